The van der Waals surface area contributed by atoms with Gasteiger partial charge in [-0.25, -0.2) is 0 Å². The van der Waals surface area contributed by atoms with E-state index in [1.807, 2.05) is 32.2 Å². The molecule has 3 heteroatoms. The predicted molar refractivity (Wildman–Crippen MR) is 62.9 cm³/mol. The maximum Gasteiger partial charge on any atom is 0.123 e. The second kappa shape index (κ2) is 6.04. The molecule has 0 atom stereocenters. The minimum atomic E-state index is 0.711. The van der Waals surface area contributed by atoms with Crippen molar-refractivity contribution in [3.8, 4) is 5.75 Å². The van der Waals surface area contributed by atoms with E-state index in [0.29, 0.717) is 6.61 Å². The van der Waals surface area contributed by atoms with Crippen molar-refractivity contribution in [2.24, 2.45) is 0 Å². The molecule has 0 saturated carbocycles. The summed E-state index contributed by atoms with van der Waals surface area (Å²) >= 11 is 3.54. The molecule has 0 aliphatic rings. The summed E-state index contributed by atoms with van der Waals surface area (Å²) in [5.41, 5.74) is 1.24. The monoisotopic (exact) mass is 257 g/mol. The molecule has 2 nitrogen and oxygen atoms in total. The summed E-state index contributed by atoms with van der Waals surface area (Å²) in [4.78, 5) is 0. The second-order valence-electron chi connectivity index (χ2n) is 3.00. The average molecular weight is 258 g/mol. The number of hydrogen-bond acceptors (Lipinski definition) is 2. The lowest BCUT2D eigenvalue weighted by molar-refractivity contribution is 0.336. The molecule has 0 aliphatic heterocycles. The van der Waals surface area contributed by atoms with Crippen molar-refractivity contribution < 1.29 is 4.74 Å². The number of likely N-dealkylation sites (N-methyl/N-ethyl adjacent to an activating group) is 1. The van der Waals surface area contributed by atoms with Crippen molar-refractivity contribution in [3.63, 3.8) is 0 Å². The van der Waals surface area contributed by atoms with Crippen LogP contribution in [0.2, 0.25) is 0 Å². The molecule has 1 rings (SSSR count). The Morgan fingerprint density at radius 2 is 2.21 bits per heavy atom. The Morgan fingerprint density at radius 3 is 2.86 bits per heavy atom. The Labute approximate surface area is 93.8 Å². The van der Waals surface area contributed by atoms with Crippen LogP contribution in [0.15, 0.2) is 22.7 Å². The van der Waals surface area contributed by atoms with E-state index >= 15 is 0 Å². The van der Waals surface area contributed by atoms with E-state index in [1.54, 1.807) is 0 Å². The predicted octanol–water partition coefficient (Wildman–Crippen LogP) is 2.61. The Hall–Kier alpha value is -0.540. The van der Waals surface area contributed by atoms with Crippen LogP contribution in [0.4, 0.5) is 0 Å². The minimum Gasteiger partial charge on any atom is -0.494 e. The number of rotatable bonds is 5. The Bertz CT molecular complexity index is 289. The number of benzene rings is 1. The molecule has 0 unspecified atom stereocenters. The maximum atomic E-state index is 5.56. The molecule has 0 amide bonds. The van der Waals surface area contributed by atoms with Crippen molar-refractivity contribution in [2.45, 2.75) is 13.3 Å². The maximum absolute atomic E-state index is 5.56. The van der Waals surface area contributed by atoms with Gasteiger partial charge in [-0.3, -0.25) is 0 Å². The number of ether oxygens (including phenoxy) is 1. The van der Waals surface area contributed by atoms with Crippen LogP contribution in [0.1, 0.15) is 12.5 Å². The van der Waals surface area contributed by atoms with Crippen LogP contribution in [0.5, 0.6) is 5.75 Å². The molecule has 0 spiro atoms. The average Bonchev–Trinajstić information content (AvgIpc) is 2.18. The van der Waals surface area contributed by atoms with E-state index in [9.17, 15) is 0 Å². The molecule has 0 bridgehead atoms. The molecule has 1 N–H and O–H groups in total. The molecule has 0 saturated heterocycles. The van der Waals surface area contributed by atoms with Gasteiger partial charge < -0.3 is 10.1 Å². The van der Waals surface area contributed by atoms with Crippen LogP contribution in [0.25, 0.3) is 0 Å². The minimum absolute atomic E-state index is 0.711. The summed E-state index contributed by atoms with van der Waals surface area (Å²) in [7, 11) is 1.96. The van der Waals surface area contributed by atoms with Crippen molar-refractivity contribution >= 4 is 15.9 Å². The first-order valence-corrected chi connectivity index (χ1v) is 5.63. The molecule has 0 heterocycles. The zero-order chi connectivity index (χ0) is 10.4. The zero-order valence-electron chi connectivity index (χ0n) is 8.64. The third-order valence-corrected chi connectivity index (χ3v) is 2.74. The lowest BCUT2D eigenvalue weighted by Gasteiger charge is -2.11. The summed E-state index contributed by atoms with van der Waals surface area (Å²) in [5.74, 6) is 0.983. The third-order valence-electron chi connectivity index (χ3n) is 2.00. The molecule has 0 fully saturated rings. The largest absolute Gasteiger partial charge is 0.494 e. The Morgan fingerprint density at radius 1 is 1.43 bits per heavy atom. The zero-order valence-corrected chi connectivity index (χ0v) is 10.2. The van der Waals surface area contributed by atoms with Crippen LogP contribution in [-0.4, -0.2) is 20.2 Å². The van der Waals surface area contributed by atoms with E-state index in [4.69, 9.17) is 4.74 Å². The van der Waals surface area contributed by atoms with E-state index in [0.717, 1.165) is 23.2 Å². The quantitative estimate of drug-likeness (QED) is 0.876. The van der Waals surface area contributed by atoms with Crippen molar-refractivity contribution in [1.29, 1.82) is 0 Å². The van der Waals surface area contributed by atoms with Crippen molar-refractivity contribution in [1.82, 2.24) is 5.32 Å². The highest BCUT2D eigenvalue weighted by atomic mass is 79.9. The van der Waals surface area contributed by atoms with Gasteiger partial charge >= 0.3 is 0 Å². The smallest absolute Gasteiger partial charge is 0.123 e. The molecule has 0 aliphatic carbocycles. The summed E-state index contributed by atoms with van der Waals surface area (Å²) in [5, 5.41) is 3.14. The van der Waals surface area contributed by atoms with Gasteiger partial charge in [0.25, 0.3) is 0 Å². The molecule has 14 heavy (non-hydrogen) atoms. The third kappa shape index (κ3) is 3.00. The van der Waals surface area contributed by atoms with E-state index < -0.39 is 0 Å². The van der Waals surface area contributed by atoms with Gasteiger partial charge in [0.1, 0.15) is 5.75 Å². The molecule has 1 aromatic rings. The van der Waals surface area contributed by atoms with E-state index in [1.165, 1.54) is 5.56 Å². The molecular formula is C11H16BrNO. The standard InChI is InChI=1S/C11H16BrNO/c1-3-14-11-6-4-5-10(12)9(11)7-8-13-2/h4-6,13H,3,7-8H2,1-2H3. The highest BCUT2D eigenvalue weighted by Crippen LogP contribution is 2.27. The second-order valence-corrected chi connectivity index (χ2v) is 3.86. The summed E-state index contributed by atoms with van der Waals surface area (Å²) in [6, 6.07) is 6.06. The SMILES string of the molecule is CCOc1cccc(Br)c1CCNC. The first-order chi connectivity index (χ1) is 6.79. The van der Waals surface area contributed by atoms with Crippen LogP contribution in [-0.2, 0) is 6.42 Å². The fourth-order valence-electron chi connectivity index (χ4n) is 1.32. The highest BCUT2D eigenvalue weighted by Gasteiger charge is 2.06. The molecule has 78 valence electrons. The molecular weight excluding hydrogens is 242 g/mol. The van der Waals surface area contributed by atoms with Gasteiger partial charge in [0, 0.05) is 10.0 Å². The fraction of sp³-hybridized carbons (Fsp3) is 0.455. The topological polar surface area (TPSA) is 21.3 Å². The van der Waals surface area contributed by atoms with Gasteiger partial charge in [-0.15, -0.1) is 0 Å². The fourth-order valence-corrected chi connectivity index (χ4v) is 1.87. The first-order valence-electron chi connectivity index (χ1n) is 4.84. The lowest BCUT2D eigenvalue weighted by atomic mass is 10.1. The van der Waals surface area contributed by atoms with Crippen LogP contribution in [0, 0.1) is 0 Å². The lowest BCUT2D eigenvalue weighted by Crippen LogP contribution is -2.11. The summed E-state index contributed by atoms with van der Waals surface area (Å²) < 4.78 is 6.68. The summed E-state index contributed by atoms with van der Waals surface area (Å²) in [6.45, 7) is 3.68. The first kappa shape index (κ1) is 11.5. The molecule has 0 aromatic heterocycles. The highest BCUT2D eigenvalue weighted by molar-refractivity contribution is 9.10. The van der Waals surface area contributed by atoms with Gasteiger partial charge in [-0.2, -0.15) is 0 Å². The van der Waals surface area contributed by atoms with Crippen LogP contribution < -0.4 is 10.1 Å². The van der Waals surface area contributed by atoms with Crippen molar-refractivity contribution in [2.75, 3.05) is 20.2 Å². The molecule has 1 aromatic carbocycles. The number of hydrogen-bond donors (Lipinski definition) is 1. The number of halogens is 1. The number of nitrogens with one attached hydrogen (secondary N) is 1. The van der Waals surface area contributed by atoms with Gasteiger partial charge in [-0.05, 0) is 39.1 Å². The van der Waals surface area contributed by atoms with Gasteiger partial charge in [0.05, 0.1) is 6.61 Å². The Kier molecular flexibility index (Phi) is 4.98. The van der Waals surface area contributed by atoms with Gasteiger partial charge in [0.2, 0.25) is 0 Å². The van der Waals surface area contributed by atoms with Gasteiger partial charge in [-0.1, -0.05) is 22.0 Å². The van der Waals surface area contributed by atoms with Crippen LogP contribution in [0.3, 0.4) is 0 Å². The summed E-state index contributed by atoms with van der Waals surface area (Å²) in [6.07, 6.45) is 0.979. The van der Waals surface area contributed by atoms with Crippen molar-refractivity contribution in [3.05, 3.63) is 28.2 Å². The Balaban J connectivity index is 2.84. The van der Waals surface area contributed by atoms with Gasteiger partial charge in [0.15, 0.2) is 0 Å². The molecule has 0 radical (unpaired) electrons. The van der Waals surface area contributed by atoms with E-state index in [-0.39, 0.29) is 0 Å². The van der Waals surface area contributed by atoms with Crippen LogP contribution >= 0.6 is 15.9 Å². The normalized spacial score (nSPS) is 10.2. The van der Waals surface area contributed by atoms with E-state index in [2.05, 4.69) is 21.2 Å².